The molecular formula is C19H34N4OS. The van der Waals surface area contributed by atoms with Crippen molar-refractivity contribution in [3.63, 3.8) is 0 Å². The molecule has 1 aliphatic heterocycles. The fourth-order valence-electron chi connectivity index (χ4n) is 3.27. The molecule has 2 N–H and O–H groups in total. The number of thiophene rings is 1. The van der Waals surface area contributed by atoms with Crippen molar-refractivity contribution in [1.29, 1.82) is 0 Å². The van der Waals surface area contributed by atoms with Crippen molar-refractivity contribution < 1.29 is 4.74 Å². The summed E-state index contributed by atoms with van der Waals surface area (Å²) in [6.07, 6.45) is 1.02. The molecule has 5 nitrogen and oxygen atoms in total. The molecule has 25 heavy (non-hydrogen) atoms. The van der Waals surface area contributed by atoms with Gasteiger partial charge in [-0.05, 0) is 31.9 Å². The molecule has 1 fully saturated rings. The molecule has 1 saturated heterocycles. The van der Waals surface area contributed by atoms with E-state index in [0.29, 0.717) is 18.0 Å². The SMILES string of the molecule is CN=C(NCC(C(C)C)N1CCOCC1)NC(C)Cc1ccc(C)s1. The van der Waals surface area contributed by atoms with Crippen molar-refractivity contribution in [2.24, 2.45) is 10.9 Å². The maximum Gasteiger partial charge on any atom is 0.191 e. The number of nitrogens with zero attached hydrogens (tertiary/aromatic N) is 2. The number of hydrogen-bond donors (Lipinski definition) is 2. The average Bonchev–Trinajstić information content (AvgIpc) is 2.99. The van der Waals surface area contributed by atoms with Gasteiger partial charge in [0.05, 0.1) is 13.2 Å². The zero-order valence-electron chi connectivity index (χ0n) is 16.3. The van der Waals surface area contributed by atoms with Crippen molar-refractivity contribution in [2.75, 3.05) is 39.9 Å². The highest BCUT2D eigenvalue weighted by molar-refractivity contribution is 7.11. The molecule has 2 heterocycles. The Bertz CT molecular complexity index is 537. The molecule has 0 spiro atoms. The molecule has 1 aliphatic rings. The predicted octanol–water partition coefficient (Wildman–Crippen LogP) is 2.51. The molecule has 0 saturated carbocycles. The molecular weight excluding hydrogens is 332 g/mol. The summed E-state index contributed by atoms with van der Waals surface area (Å²) in [5.74, 6) is 1.48. The van der Waals surface area contributed by atoms with Crippen LogP contribution in [0.4, 0.5) is 0 Å². The van der Waals surface area contributed by atoms with Crippen LogP contribution >= 0.6 is 11.3 Å². The molecule has 0 radical (unpaired) electrons. The largest absolute Gasteiger partial charge is 0.379 e. The highest BCUT2D eigenvalue weighted by Gasteiger charge is 2.24. The number of aliphatic imine (C=N–C) groups is 1. The standard InChI is InChI=1S/C19H34N4OS/c1-14(2)18(23-8-10-24-11-9-23)13-21-19(20-5)22-15(3)12-17-7-6-16(4)25-17/h6-7,14-15,18H,8-13H2,1-5H3,(H2,20,21,22). The van der Waals surface area contributed by atoms with Gasteiger partial charge < -0.3 is 15.4 Å². The van der Waals surface area contributed by atoms with E-state index in [-0.39, 0.29) is 0 Å². The van der Waals surface area contributed by atoms with Crippen molar-refractivity contribution in [1.82, 2.24) is 15.5 Å². The number of guanidine groups is 1. The van der Waals surface area contributed by atoms with E-state index in [1.54, 1.807) is 0 Å². The number of aryl methyl sites for hydroxylation is 1. The Morgan fingerprint density at radius 2 is 2.00 bits per heavy atom. The molecule has 0 aromatic carbocycles. The third-order valence-electron chi connectivity index (χ3n) is 4.67. The molecule has 6 heteroatoms. The van der Waals surface area contributed by atoms with E-state index in [9.17, 15) is 0 Å². The monoisotopic (exact) mass is 366 g/mol. The van der Waals surface area contributed by atoms with Crippen molar-refractivity contribution in [2.45, 2.75) is 46.2 Å². The first-order valence-electron chi connectivity index (χ1n) is 9.34. The van der Waals surface area contributed by atoms with Gasteiger partial charge in [-0.1, -0.05) is 13.8 Å². The molecule has 1 aromatic rings. The molecule has 1 aromatic heterocycles. The minimum Gasteiger partial charge on any atom is -0.379 e. The maximum absolute atomic E-state index is 5.49. The fourth-order valence-corrected chi connectivity index (χ4v) is 4.29. The predicted molar refractivity (Wildman–Crippen MR) is 108 cm³/mol. The lowest BCUT2D eigenvalue weighted by Crippen LogP contribution is -2.53. The third-order valence-corrected chi connectivity index (χ3v) is 5.70. The Hall–Kier alpha value is -1.11. The van der Waals surface area contributed by atoms with Crippen LogP contribution in [-0.2, 0) is 11.2 Å². The number of rotatable bonds is 7. The molecule has 142 valence electrons. The Morgan fingerprint density at radius 1 is 1.28 bits per heavy atom. The van der Waals surface area contributed by atoms with E-state index >= 15 is 0 Å². The van der Waals surface area contributed by atoms with Crippen LogP contribution in [0.25, 0.3) is 0 Å². The van der Waals surface area contributed by atoms with Gasteiger partial charge in [0.1, 0.15) is 0 Å². The van der Waals surface area contributed by atoms with Gasteiger partial charge in [-0.25, -0.2) is 0 Å². The quantitative estimate of drug-likeness (QED) is 0.575. The Kier molecular flexibility index (Phi) is 8.19. The van der Waals surface area contributed by atoms with Crippen molar-refractivity contribution >= 4 is 17.3 Å². The van der Waals surface area contributed by atoms with E-state index in [2.05, 4.69) is 60.4 Å². The van der Waals surface area contributed by atoms with Crippen LogP contribution in [0.1, 0.15) is 30.5 Å². The Balaban J connectivity index is 1.83. The van der Waals surface area contributed by atoms with Gasteiger partial charge in [0, 0.05) is 54.9 Å². The second-order valence-electron chi connectivity index (χ2n) is 7.17. The summed E-state index contributed by atoms with van der Waals surface area (Å²) in [5.41, 5.74) is 0. The molecule has 0 amide bonds. The molecule has 0 aliphatic carbocycles. The molecule has 2 atom stereocenters. The zero-order chi connectivity index (χ0) is 18.2. The van der Waals surface area contributed by atoms with Crippen molar-refractivity contribution in [3.05, 3.63) is 21.9 Å². The first-order valence-corrected chi connectivity index (χ1v) is 10.2. The zero-order valence-corrected chi connectivity index (χ0v) is 17.2. The first-order chi connectivity index (χ1) is 12.0. The summed E-state index contributed by atoms with van der Waals surface area (Å²) in [4.78, 5) is 9.73. The Morgan fingerprint density at radius 3 is 2.56 bits per heavy atom. The second-order valence-corrected chi connectivity index (χ2v) is 8.55. The first kappa shape index (κ1) is 20.2. The van der Waals surface area contributed by atoms with Gasteiger partial charge in [0.25, 0.3) is 0 Å². The fraction of sp³-hybridized carbons (Fsp3) is 0.737. The van der Waals surface area contributed by atoms with Crippen LogP contribution in [0.3, 0.4) is 0 Å². The minimum atomic E-state index is 0.352. The van der Waals surface area contributed by atoms with Crippen LogP contribution in [0, 0.1) is 12.8 Å². The number of hydrogen-bond acceptors (Lipinski definition) is 4. The van der Waals surface area contributed by atoms with Crippen LogP contribution in [-0.4, -0.2) is 62.8 Å². The van der Waals surface area contributed by atoms with E-state index < -0.39 is 0 Å². The molecule has 2 unspecified atom stereocenters. The van der Waals surface area contributed by atoms with E-state index in [1.165, 1.54) is 9.75 Å². The number of ether oxygens (including phenoxy) is 1. The smallest absolute Gasteiger partial charge is 0.191 e. The maximum atomic E-state index is 5.49. The van der Waals surface area contributed by atoms with Crippen LogP contribution in [0.2, 0.25) is 0 Å². The lowest BCUT2D eigenvalue weighted by Gasteiger charge is -2.37. The van der Waals surface area contributed by atoms with Gasteiger partial charge in [-0.3, -0.25) is 9.89 Å². The summed E-state index contributed by atoms with van der Waals surface area (Å²) in [5, 5.41) is 7.05. The summed E-state index contributed by atoms with van der Waals surface area (Å²) >= 11 is 1.87. The summed E-state index contributed by atoms with van der Waals surface area (Å²) in [7, 11) is 1.84. The molecule has 0 bridgehead atoms. The van der Waals surface area contributed by atoms with Crippen LogP contribution < -0.4 is 10.6 Å². The highest BCUT2D eigenvalue weighted by atomic mass is 32.1. The second kappa shape index (κ2) is 10.1. The summed E-state index contributed by atoms with van der Waals surface area (Å²) in [6.45, 7) is 13.6. The summed E-state index contributed by atoms with van der Waals surface area (Å²) in [6, 6.07) is 5.26. The molecule has 2 rings (SSSR count). The van der Waals surface area contributed by atoms with Crippen LogP contribution in [0.15, 0.2) is 17.1 Å². The van der Waals surface area contributed by atoms with E-state index in [4.69, 9.17) is 4.74 Å². The lowest BCUT2D eigenvalue weighted by atomic mass is 10.0. The average molecular weight is 367 g/mol. The number of morpholine rings is 1. The van der Waals surface area contributed by atoms with Gasteiger partial charge >= 0.3 is 0 Å². The lowest BCUT2D eigenvalue weighted by molar-refractivity contribution is 0.00751. The number of nitrogens with one attached hydrogen (secondary N) is 2. The minimum absolute atomic E-state index is 0.352. The Labute approximate surface area is 156 Å². The highest BCUT2D eigenvalue weighted by Crippen LogP contribution is 2.16. The third kappa shape index (κ3) is 6.60. The normalized spacial score (nSPS) is 19.0. The van der Waals surface area contributed by atoms with E-state index in [0.717, 1.165) is 45.2 Å². The van der Waals surface area contributed by atoms with Gasteiger partial charge in [0.15, 0.2) is 5.96 Å². The van der Waals surface area contributed by atoms with Crippen molar-refractivity contribution in [3.8, 4) is 0 Å². The van der Waals surface area contributed by atoms with Gasteiger partial charge in [-0.2, -0.15) is 0 Å². The van der Waals surface area contributed by atoms with E-state index in [1.807, 2.05) is 18.4 Å². The topological polar surface area (TPSA) is 48.9 Å². The van der Waals surface area contributed by atoms with Gasteiger partial charge in [-0.15, -0.1) is 11.3 Å². The summed E-state index contributed by atoms with van der Waals surface area (Å²) < 4.78 is 5.49. The van der Waals surface area contributed by atoms with Gasteiger partial charge in [0.2, 0.25) is 0 Å². The van der Waals surface area contributed by atoms with Crippen LogP contribution in [0.5, 0.6) is 0 Å².